The van der Waals surface area contributed by atoms with Gasteiger partial charge in [0.15, 0.2) is 0 Å². The van der Waals surface area contributed by atoms with Gasteiger partial charge in [0, 0.05) is 22.1 Å². The monoisotopic (exact) mass is 413 g/mol. The Labute approximate surface area is 170 Å². The summed E-state index contributed by atoms with van der Waals surface area (Å²) in [5.74, 6) is 0.280. The zero-order valence-corrected chi connectivity index (χ0v) is 17.1. The lowest BCUT2D eigenvalue weighted by Crippen LogP contribution is -2.29. The van der Waals surface area contributed by atoms with E-state index in [1.165, 1.54) is 30.2 Å². The third-order valence-electron chi connectivity index (χ3n) is 4.87. The fraction of sp³-hybridized carbons (Fsp3) is 0.238. The van der Waals surface area contributed by atoms with Crippen molar-refractivity contribution in [1.29, 1.82) is 0 Å². The summed E-state index contributed by atoms with van der Waals surface area (Å²) < 4.78 is 12.4. The maximum atomic E-state index is 12.9. The van der Waals surface area contributed by atoms with Gasteiger partial charge >= 0.3 is 10.8 Å². The molecule has 2 atom stereocenters. The molecule has 0 aliphatic carbocycles. The highest BCUT2D eigenvalue weighted by atomic mass is 32.2. The molecular weight excluding hydrogens is 394 g/mol. The lowest BCUT2D eigenvalue weighted by Gasteiger charge is -2.30. The number of esters is 1. The topological polar surface area (TPSA) is 57.5 Å². The molecule has 1 aromatic heterocycles. The number of hydrogen-bond donors (Lipinski definition) is 0. The van der Waals surface area contributed by atoms with E-state index >= 15 is 0 Å². The number of carbonyl (C=O) groups is 1. The largest absolute Gasteiger partial charge is 0.496 e. The molecule has 0 N–H and O–H groups in total. The molecule has 7 heteroatoms. The van der Waals surface area contributed by atoms with Crippen LogP contribution in [0.5, 0.6) is 5.75 Å². The Morgan fingerprint density at radius 2 is 1.79 bits per heavy atom. The molecule has 0 saturated carbocycles. The number of methoxy groups -OCH3 is 2. The summed E-state index contributed by atoms with van der Waals surface area (Å²) in [5, 5.41) is 0.886. The van der Waals surface area contributed by atoms with Crippen LogP contribution in [0.3, 0.4) is 0 Å². The molecule has 1 aliphatic rings. The van der Waals surface area contributed by atoms with Crippen molar-refractivity contribution < 1.29 is 14.3 Å². The van der Waals surface area contributed by atoms with Crippen LogP contribution < -0.4 is 9.61 Å². The quantitative estimate of drug-likeness (QED) is 0.607. The van der Waals surface area contributed by atoms with Crippen molar-refractivity contribution in [3.05, 3.63) is 74.7 Å². The summed E-state index contributed by atoms with van der Waals surface area (Å²) in [6.45, 7) is 0. The summed E-state index contributed by atoms with van der Waals surface area (Å²) in [6, 6.07) is 17.2. The van der Waals surface area contributed by atoms with Crippen LogP contribution in [-0.4, -0.2) is 30.5 Å². The van der Waals surface area contributed by atoms with Crippen molar-refractivity contribution >= 4 is 29.1 Å². The van der Waals surface area contributed by atoms with E-state index in [0.717, 1.165) is 21.2 Å². The second-order valence-electron chi connectivity index (χ2n) is 6.37. The molecule has 2 aromatic carbocycles. The first-order valence-corrected chi connectivity index (χ1v) is 10.6. The van der Waals surface area contributed by atoms with E-state index in [2.05, 4.69) is 0 Å². The minimum Gasteiger partial charge on any atom is -0.496 e. The Bertz CT molecular complexity index is 1060. The minimum atomic E-state index is -0.388. The molecule has 0 radical (unpaired) electrons. The molecule has 2 heterocycles. The molecule has 0 amide bonds. The number of thiazole rings is 1. The number of fused-ring (bicyclic) bond motifs is 1. The molecule has 5 nitrogen and oxygen atoms in total. The van der Waals surface area contributed by atoms with E-state index < -0.39 is 0 Å². The molecule has 144 valence electrons. The highest BCUT2D eigenvalue weighted by molar-refractivity contribution is 7.99. The summed E-state index contributed by atoms with van der Waals surface area (Å²) in [6.07, 6.45) is 0. The minimum absolute atomic E-state index is 0.0610. The summed E-state index contributed by atoms with van der Waals surface area (Å²) in [4.78, 5) is 26.3. The van der Waals surface area contributed by atoms with Crippen LogP contribution in [0.25, 0.3) is 5.69 Å². The molecular formula is C21H19NO4S2. The van der Waals surface area contributed by atoms with Gasteiger partial charge in [-0.05, 0) is 18.2 Å². The van der Waals surface area contributed by atoms with Crippen molar-refractivity contribution in [2.75, 3.05) is 20.0 Å². The van der Waals surface area contributed by atoms with Gasteiger partial charge in [-0.2, -0.15) is 0 Å². The van der Waals surface area contributed by atoms with Crippen LogP contribution in [0.15, 0.2) is 64.4 Å². The molecule has 0 fully saturated rings. The molecule has 0 spiro atoms. The van der Waals surface area contributed by atoms with Crippen LogP contribution >= 0.6 is 23.1 Å². The number of carbonyl (C=O) groups excluding carboxylic acids is 1. The summed E-state index contributed by atoms with van der Waals surface area (Å²) >= 11 is 2.72. The first-order valence-electron chi connectivity index (χ1n) is 8.80. The fourth-order valence-electron chi connectivity index (χ4n) is 3.59. The first kappa shape index (κ1) is 18.8. The predicted octanol–water partition coefficient (Wildman–Crippen LogP) is 3.93. The van der Waals surface area contributed by atoms with Gasteiger partial charge in [0.05, 0.1) is 30.9 Å². The van der Waals surface area contributed by atoms with Gasteiger partial charge in [-0.15, -0.1) is 11.8 Å². The Morgan fingerprint density at radius 1 is 1.07 bits per heavy atom. The lowest BCUT2D eigenvalue weighted by molar-refractivity contribution is -0.145. The van der Waals surface area contributed by atoms with Crippen molar-refractivity contribution in [3.8, 4) is 11.4 Å². The van der Waals surface area contributed by atoms with Crippen molar-refractivity contribution in [1.82, 2.24) is 4.57 Å². The number of hydrogen-bond acceptors (Lipinski definition) is 6. The fourth-order valence-corrected chi connectivity index (χ4v) is 6.28. The van der Waals surface area contributed by atoms with Gasteiger partial charge in [0.1, 0.15) is 5.75 Å². The number of nitrogens with zero attached hydrogens (tertiary/aromatic N) is 1. The number of rotatable bonds is 4. The maximum Gasteiger partial charge on any atom is 0.312 e. The van der Waals surface area contributed by atoms with E-state index in [0.29, 0.717) is 11.5 Å². The van der Waals surface area contributed by atoms with Gasteiger partial charge in [-0.1, -0.05) is 47.7 Å². The van der Waals surface area contributed by atoms with E-state index in [-0.39, 0.29) is 22.7 Å². The number of aromatic nitrogens is 1. The van der Waals surface area contributed by atoms with Gasteiger partial charge < -0.3 is 9.47 Å². The SMILES string of the molecule is COC(=O)[C@@H]1CSc2c(sc(=O)n2-c2ccccc2)[C@@H]1c1ccccc1OC. The number of ether oxygens (including phenoxy) is 2. The highest BCUT2D eigenvalue weighted by Gasteiger charge is 2.41. The second-order valence-corrected chi connectivity index (χ2v) is 8.37. The average Bonchev–Trinajstić information content (AvgIpc) is 3.08. The maximum absolute atomic E-state index is 12.9. The third-order valence-corrected chi connectivity index (χ3v) is 7.23. The average molecular weight is 414 g/mol. The molecule has 0 saturated heterocycles. The summed E-state index contributed by atoms with van der Waals surface area (Å²) in [7, 11) is 3.02. The highest BCUT2D eigenvalue weighted by Crippen LogP contribution is 2.49. The number of benzene rings is 2. The van der Waals surface area contributed by atoms with E-state index in [1.54, 1.807) is 11.7 Å². The molecule has 28 heavy (non-hydrogen) atoms. The van der Waals surface area contributed by atoms with Crippen molar-refractivity contribution in [2.24, 2.45) is 5.92 Å². The van der Waals surface area contributed by atoms with E-state index in [9.17, 15) is 9.59 Å². The Balaban J connectivity index is 1.93. The zero-order chi connectivity index (χ0) is 19.7. The number of thioether (sulfide) groups is 1. The Hall–Kier alpha value is -2.51. The molecule has 4 rings (SSSR count). The van der Waals surface area contributed by atoms with Crippen LogP contribution in [-0.2, 0) is 9.53 Å². The van der Waals surface area contributed by atoms with E-state index in [4.69, 9.17) is 9.47 Å². The Morgan fingerprint density at radius 3 is 2.50 bits per heavy atom. The van der Waals surface area contributed by atoms with Gasteiger partial charge in [-0.25, -0.2) is 0 Å². The normalized spacial score (nSPS) is 18.4. The summed E-state index contributed by atoms with van der Waals surface area (Å²) in [5.41, 5.74) is 1.72. The second kappa shape index (κ2) is 7.85. The molecule has 1 aliphatic heterocycles. The van der Waals surface area contributed by atoms with Crippen LogP contribution in [0.2, 0.25) is 0 Å². The third kappa shape index (κ3) is 3.14. The molecule has 3 aromatic rings. The molecule has 0 unspecified atom stereocenters. The van der Waals surface area contributed by atoms with Crippen LogP contribution in [0, 0.1) is 5.92 Å². The lowest BCUT2D eigenvalue weighted by atomic mass is 9.85. The van der Waals surface area contributed by atoms with Crippen LogP contribution in [0.1, 0.15) is 16.4 Å². The first-order chi connectivity index (χ1) is 13.7. The Kier molecular flexibility index (Phi) is 5.28. The number of para-hydroxylation sites is 2. The van der Waals surface area contributed by atoms with Gasteiger partial charge in [0.25, 0.3) is 0 Å². The predicted molar refractivity (Wildman–Crippen MR) is 111 cm³/mol. The smallest absolute Gasteiger partial charge is 0.312 e. The van der Waals surface area contributed by atoms with E-state index in [1.807, 2.05) is 54.6 Å². The van der Waals surface area contributed by atoms with Crippen molar-refractivity contribution in [3.63, 3.8) is 0 Å². The standard InChI is InChI=1S/C21H19NO4S2/c1-25-16-11-7-6-10-14(16)17-15(20(23)26-2)12-27-19-18(17)28-21(24)22(19)13-8-4-3-5-9-13/h3-11,15,17H,12H2,1-2H3/t15-,17-/m1/s1. The van der Waals surface area contributed by atoms with Gasteiger partial charge in [-0.3, -0.25) is 14.2 Å². The van der Waals surface area contributed by atoms with Crippen molar-refractivity contribution in [2.45, 2.75) is 10.9 Å². The van der Waals surface area contributed by atoms with Crippen LogP contribution in [0.4, 0.5) is 0 Å². The zero-order valence-electron chi connectivity index (χ0n) is 15.5. The molecule has 0 bridgehead atoms. The van der Waals surface area contributed by atoms with Gasteiger partial charge in [0.2, 0.25) is 0 Å².